The zero-order chi connectivity index (χ0) is 10.7. The molecule has 1 unspecified atom stereocenters. The van der Waals surface area contributed by atoms with Gasteiger partial charge in [-0.1, -0.05) is 11.6 Å². The van der Waals surface area contributed by atoms with Crippen molar-refractivity contribution in [1.82, 2.24) is 0 Å². The van der Waals surface area contributed by atoms with Crippen LogP contribution in [0, 0.1) is 0 Å². The number of nitrogens with one attached hydrogen (secondary N) is 1. The lowest BCUT2D eigenvalue weighted by Gasteiger charge is -2.11. The quantitative estimate of drug-likeness (QED) is 0.804. The fourth-order valence-electron chi connectivity index (χ4n) is 1.57. The van der Waals surface area contributed by atoms with E-state index in [1.165, 1.54) is 0 Å². The lowest BCUT2D eigenvalue weighted by Crippen LogP contribution is -2.20. The Bertz CT molecular complexity index is 350. The molecule has 1 N–H and O–H groups in total. The predicted octanol–water partition coefficient (Wildman–Crippen LogP) is 2.81. The molecule has 0 spiro atoms. The van der Waals surface area contributed by atoms with E-state index >= 15 is 0 Å². The minimum absolute atomic E-state index is 0.177. The van der Waals surface area contributed by atoms with Crippen LogP contribution < -0.4 is 5.48 Å². The molecular formula is C11H12ClNO2. The number of anilines is 1. The molecule has 1 atom stereocenters. The van der Waals surface area contributed by atoms with Crippen LogP contribution in [0.25, 0.3) is 0 Å². The molecule has 0 aromatic heterocycles. The third-order valence-corrected chi connectivity index (χ3v) is 2.66. The summed E-state index contributed by atoms with van der Waals surface area (Å²) >= 11 is 5.74. The first-order valence-electron chi connectivity index (χ1n) is 4.95. The highest BCUT2D eigenvalue weighted by molar-refractivity contribution is 6.30. The van der Waals surface area contributed by atoms with E-state index in [-0.39, 0.29) is 11.9 Å². The van der Waals surface area contributed by atoms with E-state index in [2.05, 4.69) is 5.48 Å². The van der Waals surface area contributed by atoms with Crippen molar-refractivity contribution < 1.29 is 9.63 Å². The average Bonchev–Trinajstić information content (AvgIpc) is 2.63. The molecule has 0 bridgehead atoms. The summed E-state index contributed by atoms with van der Waals surface area (Å²) in [7, 11) is 0. The maximum atomic E-state index is 11.3. The SMILES string of the molecule is O=C1CCCC1ONc1ccc(Cl)cc1. The highest BCUT2D eigenvalue weighted by atomic mass is 35.5. The Hall–Kier alpha value is -1.06. The molecule has 15 heavy (non-hydrogen) atoms. The van der Waals surface area contributed by atoms with Gasteiger partial charge in [-0.2, -0.15) is 0 Å². The van der Waals surface area contributed by atoms with Crippen molar-refractivity contribution in [3.05, 3.63) is 29.3 Å². The van der Waals surface area contributed by atoms with E-state index < -0.39 is 0 Å². The maximum absolute atomic E-state index is 11.3. The number of hydrogen-bond acceptors (Lipinski definition) is 3. The van der Waals surface area contributed by atoms with Crippen LogP contribution in [0.5, 0.6) is 0 Å². The Kier molecular flexibility index (Phi) is 3.23. The zero-order valence-corrected chi connectivity index (χ0v) is 8.96. The van der Waals surface area contributed by atoms with Gasteiger partial charge in [0.25, 0.3) is 0 Å². The van der Waals surface area contributed by atoms with E-state index in [9.17, 15) is 4.79 Å². The van der Waals surface area contributed by atoms with E-state index in [0.717, 1.165) is 18.5 Å². The topological polar surface area (TPSA) is 38.3 Å². The van der Waals surface area contributed by atoms with Crippen LogP contribution in [0.1, 0.15) is 19.3 Å². The number of halogens is 1. The Morgan fingerprint density at radius 3 is 2.67 bits per heavy atom. The normalized spacial score (nSPS) is 20.6. The van der Waals surface area contributed by atoms with E-state index in [1.807, 2.05) is 12.1 Å². The summed E-state index contributed by atoms with van der Waals surface area (Å²) in [6, 6.07) is 7.15. The van der Waals surface area contributed by atoms with Gasteiger partial charge in [0.1, 0.15) is 6.10 Å². The van der Waals surface area contributed by atoms with Crippen LogP contribution >= 0.6 is 11.6 Å². The second-order valence-corrected chi connectivity index (χ2v) is 4.01. The molecule has 1 aliphatic carbocycles. The zero-order valence-electron chi connectivity index (χ0n) is 8.20. The average molecular weight is 226 g/mol. The first-order valence-corrected chi connectivity index (χ1v) is 5.33. The summed E-state index contributed by atoms with van der Waals surface area (Å²) in [4.78, 5) is 16.6. The van der Waals surface area contributed by atoms with Crippen molar-refractivity contribution in [3.8, 4) is 0 Å². The molecule has 1 aliphatic rings. The molecule has 2 rings (SSSR count). The fraction of sp³-hybridized carbons (Fsp3) is 0.364. The summed E-state index contributed by atoms with van der Waals surface area (Å²) in [5.41, 5.74) is 3.57. The second kappa shape index (κ2) is 4.64. The highest BCUT2D eigenvalue weighted by Gasteiger charge is 2.25. The third-order valence-electron chi connectivity index (χ3n) is 2.41. The summed E-state index contributed by atoms with van der Waals surface area (Å²) in [6.45, 7) is 0. The first-order chi connectivity index (χ1) is 7.25. The molecule has 0 amide bonds. The Balaban J connectivity index is 1.87. The summed E-state index contributed by atoms with van der Waals surface area (Å²) in [5.74, 6) is 0.177. The van der Waals surface area contributed by atoms with Gasteiger partial charge in [0.15, 0.2) is 5.78 Å². The second-order valence-electron chi connectivity index (χ2n) is 3.57. The predicted molar refractivity (Wildman–Crippen MR) is 58.8 cm³/mol. The third kappa shape index (κ3) is 2.70. The molecule has 0 saturated heterocycles. The highest BCUT2D eigenvalue weighted by Crippen LogP contribution is 2.19. The molecule has 1 aromatic carbocycles. The van der Waals surface area contributed by atoms with Gasteiger partial charge in [0, 0.05) is 11.4 Å². The molecule has 4 heteroatoms. The largest absolute Gasteiger partial charge is 0.297 e. The van der Waals surface area contributed by atoms with Crippen molar-refractivity contribution in [2.24, 2.45) is 0 Å². The minimum atomic E-state index is -0.291. The Labute approximate surface area is 93.3 Å². The van der Waals surface area contributed by atoms with Gasteiger partial charge < -0.3 is 0 Å². The first kappa shape index (κ1) is 10.5. The maximum Gasteiger partial charge on any atom is 0.164 e. The minimum Gasteiger partial charge on any atom is -0.297 e. The van der Waals surface area contributed by atoms with Crippen LogP contribution in [0.3, 0.4) is 0 Å². The molecule has 3 nitrogen and oxygen atoms in total. The number of carbonyl (C=O) groups excluding carboxylic acids is 1. The number of Topliss-reactive ketones (excluding diaryl/α,β-unsaturated/α-hetero) is 1. The summed E-state index contributed by atoms with van der Waals surface area (Å²) in [5, 5.41) is 0.678. The standard InChI is InChI=1S/C11H12ClNO2/c12-8-4-6-9(7-5-8)13-15-11-3-1-2-10(11)14/h4-7,11,13H,1-3H2. The van der Waals surface area contributed by atoms with Crippen molar-refractivity contribution in [1.29, 1.82) is 0 Å². The van der Waals surface area contributed by atoms with Crippen LogP contribution in [0.2, 0.25) is 5.02 Å². The van der Waals surface area contributed by atoms with Crippen molar-refractivity contribution in [3.63, 3.8) is 0 Å². The number of carbonyl (C=O) groups is 1. The van der Waals surface area contributed by atoms with Crippen LogP contribution in [0.4, 0.5) is 5.69 Å². The fourth-order valence-corrected chi connectivity index (χ4v) is 1.69. The Morgan fingerprint density at radius 2 is 2.07 bits per heavy atom. The molecular weight excluding hydrogens is 214 g/mol. The van der Waals surface area contributed by atoms with Crippen LogP contribution in [0.15, 0.2) is 24.3 Å². The molecule has 0 radical (unpaired) electrons. The summed E-state index contributed by atoms with van der Waals surface area (Å²) in [6.07, 6.45) is 2.07. The molecule has 1 aromatic rings. The lowest BCUT2D eigenvalue weighted by molar-refractivity contribution is -0.125. The monoisotopic (exact) mass is 225 g/mol. The van der Waals surface area contributed by atoms with E-state index in [1.54, 1.807) is 12.1 Å². The van der Waals surface area contributed by atoms with Crippen molar-refractivity contribution in [2.45, 2.75) is 25.4 Å². The van der Waals surface area contributed by atoms with Gasteiger partial charge in [-0.05, 0) is 37.1 Å². The number of hydrogen-bond donors (Lipinski definition) is 1. The van der Waals surface area contributed by atoms with Gasteiger partial charge in [-0.3, -0.25) is 15.1 Å². The molecule has 0 aliphatic heterocycles. The summed E-state index contributed by atoms with van der Waals surface area (Å²) < 4.78 is 0. The van der Waals surface area contributed by atoms with E-state index in [4.69, 9.17) is 16.4 Å². The Morgan fingerprint density at radius 1 is 1.33 bits per heavy atom. The van der Waals surface area contributed by atoms with Crippen molar-refractivity contribution in [2.75, 3.05) is 5.48 Å². The molecule has 0 heterocycles. The van der Waals surface area contributed by atoms with Gasteiger partial charge in [0.2, 0.25) is 0 Å². The lowest BCUT2D eigenvalue weighted by atomic mass is 10.3. The van der Waals surface area contributed by atoms with Crippen LogP contribution in [-0.4, -0.2) is 11.9 Å². The molecule has 80 valence electrons. The van der Waals surface area contributed by atoms with E-state index in [0.29, 0.717) is 11.4 Å². The molecule has 1 fully saturated rings. The van der Waals surface area contributed by atoms with Gasteiger partial charge in [0.05, 0.1) is 5.69 Å². The number of rotatable bonds is 3. The van der Waals surface area contributed by atoms with Gasteiger partial charge in [-0.15, -0.1) is 0 Å². The number of benzene rings is 1. The van der Waals surface area contributed by atoms with Gasteiger partial charge >= 0.3 is 0 Å². The number of ketones is 1. The van der Waals surface area contributed by atoms with Crippen LogP contribution in [-0.2, 0) is 9.63 Å². The molecule has 1 saturated carbocycles. The van der Waals surface area contributed by atoms with Crippen molar-refractivity contribution >= 4 is 23.1 Å². The smallest absolute Gasteiger partial charge is 0.164 e. The van der Waals surface area contributed by atoms with Gasteiger partial charge in [-0.25, -0.2) is 0 Å².